The first kappa shape index (κ1) is 19.3. The number of nitrogens with one attached hydrogen (secondary N) is 1. The Morgan fingerprint density at radius 1 is 1.33 bits per heavy atom. The van der Waals surface area contributed by atoms with Crippen LogP contribution in [0.3, 0.4) is 0 Å². The summed E-state index contributed by atoms with van der Waals surface area (Å²) in [7, 11) is 0. The van der Waals surface area contributed by atoms with Gasteiger partial charge < -0.3 is 10.2 Å². The lowest BCUT2D eigenvalue weighted by Gasteiger charge is -2.32. The fraction of sp³-hybridized carbons (Fsp3) is 0.600. The molecular weight excluding hydrogens is 340 g/mol. The number of carbonyl (C=O) groups is 1. The standard InChI is InChI=1S/C20H30N6O/c1-5-26-16(4)18(15(3)24-26)9-11-21-19(27)17-7-6-12-25(13-17)20-22-10-8-14(2)23-20/h8,10,17H,5-7,9,11-13H2,1-4H3,(H,21,27). The van der Waals surface area contributed by atoms with Crippen molar-refractivity contribution < 1.29 is 4.79 Å². The number of aryl methyl sites for hydroxylation is 3. The zero-order chi connectivity index (χ0) is 19.4. The van der Waals surface area contributed by atoms with E-state index < -0.39 is 0 Å². The molecule has 3 heterocycles. The number of amides is 1. The van der Waals surface area contributed by atoms with Gasteiger partial charge in [0.2, 0.25) is 11.9 Å². The highest BCUT2D eigenvalue weighted by molar-refractivity contribution is 5.79. The molecule has 3 rings (SSSR count). The smallest absolute Gasteiger partial charge is 0.225 e. The lowest BCUT2D eigenvalue weighted by Crippen LogP contribution is -2.44. The monoisotopic (exact) mass is 370 g/mol. The number of nitrogens with zero attached hydrogens (tertiary/aromatic N) is 5. The zero-order valence-corrected chi connectivity index (χ0v) is 16.8. The molecule has 7 nitrogen and oxygen atoms in total. The molecule has 1 aliphatic heterocycles. The second kappa shape index (κ2) is 8.50. The largest absolute Gasteiger partial charge is 0.355 e. The van der Waals surface area contributed by atoms with Gasteiger partial charge in [0, 0.05) is 43.8 Å². The molecule has 7 heteroatoms. The van der Waals surface area contributed by atoms with E-state index >= 15 is 0 Å². The minimum absolute atomic E-state index is 0.0107. The molecule has 1 saturated heterocycles. The van der Waals surface area contributed by atoms with Gasteiger partial charge in [-0.3, -0.25) is 9.48 Å². The summed E-state index contributed by atoms with van der Waals surface area (Å²) < 4.78 is 2.02. The quantitative estimate of drug-likeness (QED) is 0.844. The molecule has 0 radical (unpaired) electrons. The number of anilines is 1. The highest BCUT2D eigenvalue weighted by atomic mass is 16.1. The third-order valence-corrected chi connectivity index (χ3v) is 5.36. The van der Waals surface area contributed by atoms with Crippen LogP contribution in [0.4, 0.5) is 5.95 Å². The Morgan fingerprint density at radius 2 is 2.15 bits per heavy atom. The molecule has 27 heavy (non-hydrogen) atoms. The number of piperidine rings is 1. The van der Waals surface area contributed by atoms with E-state index in [4.69, 9.17) is 0 Å². The molecule has 1 aliphatic rings. The molecule has 0 saturated carbocycles. The first-order valence-electron chi connectivity index (χ1n) is 9.84. The van der Waals surface area contributed by atoms with Gasteiger partial charge in [0.25, 0.3) is 0 Å². The van der Waals surface area contributed by atoms with Crippen molar-refractivity contribution in [3.8, 4) is 0 Å². The predicted molar refractivity (Wildman–Crippen MR) is 106 cm³/mol. The molecule has 0 spiro atoms. The van der Waals surface area contributed by atoms with Gasteiger partial charge in [0.15, 0.2) is 0 Å². The summed E-state index contributed by atoms with van der Waals surface area (Å²) in [4.78, 5) is 23.6. The summed E-state index contributed by atoms with van der Waals surface area (Å²) in [6.07, 6.45) is 4.50. The lowest BCUT2D eigenvalue weighted by atomic mass is 9.97. The number of carbonyl (C=O) groups excluding carboxylic acids is 1. The van der Waals surface area contributed by atoms with Gasteiger partial charge in [-0.25, -0.2) is 9.97 Å². The number of aromatic nitrogens is 4. The van der Waals surface area contributed by atoms with Crippen LogP contribution in [0.1, 0.15) is 42.4 Å². The van der Waals surface area contributed by atoms with Crippen molar-refractivity contribution in [2.24, 2.45) is 5.92 Å². The van der Waals surface area contributed by atoms with Crippen molar-refractivity contribution in [1.82, 2.24) is 25.1 Å². The van der Waals surface area contributed by atoms with Gasteiger partial charge >= 0.3 is 0 Å². The van der Waals surface area contributed by atoms with Crippen LogP contribution < -0.4 is 10.2 Å². The van der Waals surface area contributed by atoms with E-state index in [1.165, 1.54) is 11.3 Å². The van der Waals surface area contributed by atoms with E-state index in [1.807, 2.05) is 24.6 Å². The zero-order valence-electron chi connectivity index (χ0n) is 16.8. The number of hydrogen-bond acceptors (Lipinski definition) is 5. The fourth-order valence-electron chi connectivity index (χ4n) is 3.82. The Labute approximate surface area is 161 Å². The lowest BCUT2D eigenvalue weighted by molar-refractivity contribution is -0.125. The Morgan fingerprint density at radius 3 is 2.85 bits per heavy atom. The Balaban J connectivity index is 1.54. The van der Waals surface area contributed by atoms with E-state index in [0.29, 0.717) is 13.1 Å². The summed E-state index contributed by atoms with van der Waals surface area (Å²) in [5.74, 6) is 0.847. The Kier molecular flexibility index (Phi) is 6.08. The normalized spacial score (nSPS) is 17.2. The minimum Gasteiger partial charge on any atom is -0.355 e. The third kappa shape index (κ3) is 4.46. The van der Waals surface area contributed by atoms with Crippen LogP contribution in [0.15, 0.2) is 12.3 Å². The van der Waals surface area contributed by atoms with Crippen molar-refractivity contribution in [1.29, 1.82) is 0 Å². The molecule has 0 aliphatic carbocycles. The average molecular weight is 371 g/mol. The van der Waals surface area contributed by atoms with Crippen LogP contribution in [0.2, 0.25) is 0 Å². The van der Waals surface area contributed by atoms with Crippen LogP contribution in [0, 0.1) is 26.7 Å². The molecular formula is C20H30N6O. The summed E-state index contributed by atoms with van der Waals surface area (Å²) in [6, 6.07) is 1.89. The van der Waals surface area contributed by atoms with Gasteiger partial charge in [-0.1, -0.05) is 0 Å². The molecule has 1 N–H and O–H groups in total. The molecule has 1 fully saturated rings. The van der Waals surface area contributed by atoms with Gasteiger partial charge in [-0.2, -0.15) is 5.10 Å². The van der Waals surface area contributed by atoms with E-state index in [9.17, 15) is 4.79 Å². The SMILES string of the molecule is CCn1nc(C)c(CCNC(=O)C2CCCN(c3nccc(C)n3)C2)c1C. The minimum atomic E-state index is -0.0107. The van der Waals surface area contributed by atoms with Gasteiger partial charge in [0.05, 0.1) is 11.6 Å². The van der Waals surface area contributed by atoms with Gasteiger partial charge in [-0.15, -0.1) is 0 Å². The van der Waals surface area contributed by atoms with Crippen molar-refractivity contribution in [2.45, 2.75) is 53.5 Å². The summed E-state index contributed by atoms with van der Waals surface area (Å²) in [5.41, 5.74) is 4.45. The highest BCUT2D eigenvalue weighted by Gasteiger charge is 2.27. The number of rotatable bonds is 6. The van der Waals surface area contributed by atoms with Crippen LogP contribution >= 0.6 is 0 Å². The predicted octanol–water partition coefficient (Wildman–Crippen LogP) is 2.19. The van der Waals surface area contributed by atoms with E-state index in [2.05, 4.69) is 39.1 Å². The summed E-state index contributed by atoms with van der Waals surface area (Å²) in [6.45, 7) is 11.3. The van der Waals surface area contributed by atoms with Gasteiger partial charge in [-0.05, 0) is 58.6 Å². The summed E-state index contributed by atoms with van der Waals surface area (Å²) in [5, 5.41) is 7.67. The molecule has 0 aromatic carbocycles. The fourth-order valence-corrected chi connectivity index (χ4v) is 3.82. The maximum atomic E-state index is 12.7. The van der Waals surface area contributed by atoms with Crippen molar-refractivity contribution in [3.63, 3.8) is 0 Å². The van der Waals surface area contributed by atoms with Crippen LogP contribution in [-0.2, 0) is 17.8 Å². The van der Waals surface area contributed by atoms with Crippen LogP contribution in [0.5, 0.6) is 0 Å². The second-order valence-corrected chi connectivity index (χ2v) is 7.29. The Hall–Kier alpha value is -2.44. The molecule has 2 aromatic rings. The molecule has 146 valence electrons. The average Bonchev–Trinajstić information content (AvgIpc) is 2.95. The molecule has 1 amide bonds. The first-order valence-corrected chi connectivity index (χ1v) is 9.84. The van der Waals surface area contributed by atoms with E-state index in [-0.39, 0.29) is 11.8 Å². The molecule has 2 aromatic heterocycles. The second-order valence-electron chi connectivity index (χ2n) is 7.29. The van der Waals surface area contributed by atoms with Crippen LogP contribution in [-0.4, -0.2) is 45.3 Å². The highest BCUT2D eigenvalue weighted by Crippen LogP contribution is 2.20. The van der Waals surface area contributed by atoms with Gasteiger partial charge in [0.1, 0.15) is 0 Å². The van der Waals surface area contributed by atoms with Crippen molar-refractivity contribution in [3.05, 3.63) is 34.9 Å². The number of hydrogen-bond donors (Lipinski definition) is 1. The maximum absolute atomic E-state index is 12.7. The Bertz CT molecular complexity index is 800. The molecule has 0 bridgehead atoms. The molecule has 1 atom stereocenters. The van der Waals surface area contributed by atoms with Crippen molar-refractivity contribution >= 4 is 11.9 Å². The summed E-state index contributed by atoms with van der Waals surface area (Å²) >= 11 is 0. The van der Waals surface area contributed by atoms with E-state index in [0.717, 1.165) is 49.7 Å². The topological polar surface area (TPSA) is 75.9 Å². The maximum Gasteiger partial charge on any atom is 0.225 e. The first-order chi connectivity index (χ1) is 13.0. The molecule has 1 unspecified atom stereocenters. The van der Waals surface area contributed by atoms with E-state index in [1.54, 1.807) is 6.20 Å². The van der Waals surface area contributed by atoms with Crippen molar-refractivity contribution in [2.75, 3.05) is 24.5 Å². The van der Waals surface area contributed by atoms with Crippen LogP contribution in [0.25, 0.3) is 0 Å². The third-order valence-electron chi connectivity index (χ3n) is 5.36.